The summed E-state index contributed by atoms with van der Waals surface area (Å²) in [7, 11) is 1.38. The summed E-state index contributed by atoms with van der Waals surface area (Å²) >= 11 is 0. The summed E-state index contributed by atoms with van der Waals surface area (Å²) in [4.78, 5) is 25.3. The Kier molecular flexibility index (Phi) is 52.4. The minimum absolute atomic E-state index is 0.0320. The number of phosphoric ester groups is 1. The number of carbonyl (C=O) groups is 1. The predicted molar refractivity (Wildman–Crippen MR) is 291 cm³/mol. The van der Waals surface area contributed by atoms with E-state index in [4.69, 9.17) is 18.5 Å². The number of quaternary nitrogens is 1. The Bertz CT molecular complexity index is 1050. The van der Waals surface area contributed by atoms with Gasteiger partial charge in [0.05, 0.1) is 34.4 Å². The van der Waals surface area contributed by atoms with E-state index in [9.17, 15) is 14.3 Å². The van der Waals surface area contributed by atoms with E-state index in [-0.39, 0.29) is 25.8 Å². The van der Waals surface area contributed by atoms with Crippen molar-refractivity contribution < 1.29 is 37.3 Å². The molecule has 0 bridgehead atoms. The maximum Gasteiger partial charge on any atom is 0.306 e. The molecule has 408 valence electrons. The van der Waals surface area contributed by atoms with E-state index in [1.54, 1.807) is 0 Å². The van der Waals surface area contributed by atoms with Crippen molar-refractivity contribution in [2.24, 2.45) is 0 Å². The van der Waals surface area contributed by atoms with Gasteiger partial charge in [-0.1, -0.05) is 296 Å². The van der Waals surface area contributed by atoms with Gasteiger partial charge in [0.2, 0.25) is 0 Å². The van der Waals surface area contributed by atoms with Crippen LogP contribution < -0.4 is 4.89 Å². The van der Waals surface area contributed by atoms with Crippen LogP contribution in [0, 0.1) is 0 Å². The van der Waals surface area contributed by atoms with Crippen LogP contribution in [-0.4, -0.2) is 70.7 Å². The van der Waals surface area contributed by atoms with Gasteiger partial charge < -0.3 is 27.9 Å². The van der Waals surface area contributed by atoms with Crippen molar-refractivity contribution in [2.75, 3.05) is 54.1 Å². The lowest BCUT2D eigenvalue weighted by Crippen LogP contribution is -2.37. The van der Waals surface area contributed by atoms with Gasteiger partial charge in [0.25, 0.3) is 7.82 Å². The predicted octanol–water partition coefficient (Wildman–Crippen LogP) is 18.5. The van der Waals surface area contributed by atoms with Crippen LogP contribution >= 0.6 is 7.82 Å². The Morgan fingerprint density at radius 2 is 0.676 bits per heavy atom. The first kappa shape index (κ1) is 67.5. The fourth-order valence-corrected chi connectivity index (χ4v) is 9.99. The molecular weight excluding hydrogens is 866 g/mol. The Balaban J connectivity index is 3.94. The molecule has 0 heterocycles. The average molecular weight is 987 g/mol. The molecule has 68 heavy (non-hydrogen) atoms. The first-order chi connectivity index (χ1) is 33.1. The zero-order valence-corrected chi connectivity index (χ0v) is 47.5. The topological polar surface area (TPSA) is 94.1 Å². The van der Waals surface area contributed by atoms with Crippen LogP contribution in [0.4, 0.5) is 0 Å². The summed E-state index contributed by atoms with van der Waals surface area (Å²) in [6.07, 6.45) is 61.6. The first-order valence-corrected chi connectivity index (χ1v) is 31.7. The Labute approximate surface area is 425 Å². The van der Waals surface area contributed by atoms with Crippen LogP contribution in [0.2, 0.25) is 0 Å². The molecule has 0 aliphatic heterocycles. The summed E-state index contributed by atoms with van der Waals surface area (Å²) in [5.74, 6) is -0.322. The Morgan fingerprint density at radius 1 is 0.397 bits per heavy atom. The van der Waals surface area contributed by atoms with Gasteiger partial charge in [0, 0.05) is 13.0 Å². The maximum atomic E-state index is 12.8. The van der Waals surface area contributed by atoms with Crippen molar-refractivity contribution in [1.82, 2.24) is 0 Å². The van der Waals surface area contributed by atoms with E-state index in [1.165, 1.54) is 263 Å². The highest BCUT2D eigenvalue weighted by Gasteiger charge is 2.20. The van der Waals surface area contributed by atoms with Crippen molar-refractivity contribution in [2.45, 2.75) is 322 Å². The molecular formula is C59H120NO7P. The quantitative estimate of drug-likeness (QED) is 0.0259. The summed E-state index contributed by atoms with van der Waals surface area (Å²) < 4.78 is 34.9. The fourth-order valence-electron chi connectivity index (χ4n) is 9.26. The summed E-state index contributed by atoms with van der Waals surface area (Å²) in [6.45, 7) is 5.51. The monoisotopic (exact) mass is 986 g/mol. The number of carbonyl (C=O) groups excluding carboxylic acids is 1. The van der Waals surface area contributed by atoms with Crippen molar-refractivity contribution in [3.05, 3.63) is 0 Å². The number of nitrogens with zero attached hydrogens (tertiary/aromatic N) is 1. The molecule has 0 aromatic rings. The van der Waals surface area contributed by atoms with E-state index in [2.05, 4.69) is 13.8 Å². The lowest BCUT2D eigenvalue weighted by molar-refractivity contribution is -0.870. The highest BCUT2D eigenvalue weighted by Crippen LogP contribution is 2.38. The van der Waals surface area contributed by atoms with Crippen molar-refractivity contribution in [3.8, 4) is 0 Å². The second-order valence-corrected chi connectivity index (χ2v) is 23.5. The highest BCUT2D eigenvalue weighted by atomic mass is 31.2. The SMILES string of the molecule is CCCCCCCCCCCCCCCCCCCCCCCCCCCCCCC(=O)O[C@H](COCCCCCCCCCCCCCCCCCCCC)COP(=O)([O-])OCC[N+](C)(C)C. The molecule has 9 heteroatoms. The Hall–Kier alpha value is -0.500. The Morgan fingerprint density at radius 3 is 0.971 bits per heavy atom. The van der Waals surface area contributed by atoms with Crippen LogP contribution in [0.25, 0.3) is 0 Å². The largest absolute Gasteiger partial charge is 0.756 e. The number of hydrogen-bond acceptors (Lipinski definition) is 7. The summed E-state index contributed by atoms with van der Waals surface area (Å²) in [5, 5.41) is 0. The van der Waals surface area contributed by atoms with Crippen molar-refractivity contribution in [3.63, 3.8) is 0 Å². The molecule has 0 amide bonds. The molecule has 0 rings (SSSR count). The van der Waals surface area contributed by atoms with E-state index < -0.39 is 13.9 Å². The van der Waals surface area contributed by atoms with E-state index in [1.807, 2.05) is 21.1 Å². The fraction of sp³-hybridized carbons (Fsp3) is 0.983. The number of rotatable bonds is 58. The number of unbranched alkanes of at least 4 members (excludes halogenated alkanes) is 44. The molecule has 2 atom stereocenters. The van der Waals surface area contributed by atoms with Gasteiger partial charge in [0.15, 0.2) is 0 Å². The van der Waals surface area contributed by atoms with E-state index in [0.29, 0.717) is 24.1 Å². The van der Waals surface area contributed by atoms with Crippen LogP contribution in [0.3, 0.4) is 0 Å². The lowest BCUT2D eigenvalue weighted by atomic mass is 10.0. The van der Waals surface area contributed by atoms with Gasteiger partial charge in [-0.2, -0.15) is 0 Å². The molecule has 0 saturated carbocycles. The molecule has 0 radical (unpaired) electrons. The number of hydrogen-bond donors (Lipinski definition) is 0. The molecule has 8 nitrogen and oxygen atoms in total. The molecule has 0 spiro atoms. The second-order valence-electron chi connectivity index (χ2n) is 22.1. The van der Waals surface area contributed by atoms with Crippen LogP contribution in [0.1, 0.15) is 316 Å². The van der Waals surface area contributed by atoms with Gasteiger partial charge in [-0.05, 0) is 12.8 Å². The van der Waals surface area contributed by atoms with Crippen LogP contribution in [0.5, 0.6) is 0 Å². The molecule has 0 aromatic carbocycles. The average Bonchev–Trinajstić information content (AvgIpc) is 3.30. The number of likely N-dealkylation sites (N-methyl/N-ethyl adjacent to an activating group) is 1. The zero-order chi connectivity index (χ0) is 49.8. The highest BCUT2D eigenvalue weighted by molar-refractivity contribution is 7.45. The van der Waals surface area contributed by atoms with Gasteiger partial charge >= 0.3 is 5.97 Å². The molecule has 1 unspecified atom stereocenters. The second kappa shape index (κ2) is 52.8. The summed E-state index contributed by atoms with van der Waals surface area (Å²) in [6, 6.07) is 0. The summed E-state index contributed by atoms with van der Waals surface area (Å²) in [5.41, 5.74) is 0. The molecule has 0 aliphatic rings. The molecule has 0 saturated heterocycles. The third kappa shape index (κ3) is 56.4. The number of ether oxygens (including phenoxy) is 2. The van der Waals surface area contributed by atoms with Gasteiger partial charge in [-0.3, -0.25) is 9.36 Å². The van der Waals surface area contributed by atoms with E-state index in [0.717, 1.165) is 32.1 Å². The molecule has 0 aliphatic carbocycles. The molecule has 0 aromatic heterocycles. The van der Waals surface area contributed by atoms with Gasteiger partial charge in [0.1, 0.15) is 19.3 Å². The van der Waals surface area contributed by atoms with Gasteiger partial charge in [-0.15, -0.1) is 0 Å². The van der Waals surface area contributed by atoms with Crippen molar-refractivity contribution >= 4 is 13.8 Å². The smallest absolute Gasteiger partial charge is 0.306 e. The van der Waals surface area contributed by atoms with E-state index >= 15 is 0 Å². The van der Waals surface area contributed by atoms with Crippen LogP contribution in [-0.2, 0) is 27.9 Å². The number of phosphoric acid groups is 1. The maximum absolute atomic E-state index is 12.8. The number of esters is 1. The minimum Gasteiger partial charge on any atom is -0.756 e. The van der Waals surface area contributed by atoms with Crippen LogP contribution in [0.15, 0.2) is 0 Å². The third-order valence-corrected chi connectivity index (χ3v) is 14.9. The normalized spacial score (nSPS) is 13.3. The third-order valence-electron chi connectivity index (χ3n) is 13.9. The molecule has 0 N–H and O–H groups in total. The van der Waals surface area contributed by atoms with Crippen molar-refractivity contribution in [1.29, 1.82) is 0 Å². The lowest BCUT2D eigenvalue weighted by Gasteiger charge is -2.28. The standard InChI is InChI=1S/C59H120NO7P/c1-6-8-10-12-14-16-18-20-22-24-26-27-28-29-30-31-32-33-34-35-36-38-40-42-44-46-48-50-52-59(61)67-58(57-66-68(62,63)65-55-53-60(3,4)5)56-64-54-51-49-47-45-43-41-39-37-25-23-21-19-17-15-13-11-9-7-2/h58H,6-57H2,1-5H3/t58-/m1/s1. The zero-order valence-electron chi connectivity index (χ0n) is 46.6. The van der Waals surface area contributed by atoms with Gasteiger partial charge in [-0.25, -0.2) is 0 Å². The molecule has 0 fully saturated rings. The minimum atomic E-state index is -4.53. The first-order valence-electron chi connectivity index (χ1n) is 30.3.